The first-order valence-electron chi connectivity index (χ1n) is 11.7. The molecule has 0 bridgehead atoms. The first-order chi connectivity index (χ1) is 15.9. The van der Waals surface area contributed by atoms with Gasteiger partial charge < -0.3 is 10.2 Å². The Morgan fingerprint density at radius 1 is 1.06 bits per heavy atom. The van der Waals surface area contributed by atoms with E-state index < -0.39 is 10.0 Å². The van der Waals surface area contributed by atoms with Crippen LogP contribution in [-0.4, -0.2) is 44.3 Å². The summed E-state index contributed by atoms with van der Waals surface area (Å²) in [7, 11) is -3.77. The predicted octanol–water partition coefficient (Wildman–Crippen LogP) is 3.57. The number of rotatable bonds is 8. The molecule has 2 aromatic carbocycles. The van der Waals surface area contributed by atoms with Crippen molar-refractivity contribution in [2.45, 2.75) is 56.4 Å². The molecule has 1 aliphatic carbocycles. The number of carbonyl (C=O) groups is 2. The molecule has 2 aliphatic rings. The molecule has 0 aromatic heterocycles. The lowest BCUT2D eigenvalue weighted by atomic mass is 9.96. The number of benzene rings is 2. The molecule has 33 heavy (non-hydrogen) atoms. The number of hydrogen-bond acceptors (Lipinski definition) is 4. The summed E-state index contributed by atoms with van der Waals surface area (Å²) in [5.41, 5.74) is 1.82. The quantitative estimate of drug-likeness (QED) is 0.618. The van der Waals surface area contributed by atoms with E-state index in [9.17, 15) is 18.0 Å². The van der Waals surface area contributed by atoms with Crippen molar-refractivity contribution in [3.05, 3.63) is 59.7 Å². The van der Waals surface area contributed by atoms with Crippen LogP contribution in [0.15, 0.2) is 53.4 Å². The Labute approximate surface area is 195 Å². The average molecular weight is 470 g/mol. The van der Waals surface area contributed by atoms with E-state index in [1.165, 1.54) is 0 Å². The molecule has 4 rings (SSSR count). The fourth-order valence-electron chi connectivity index (χ4n) is 4.16. The van der Waals surface area contributed by atoms with Crippen molar-refractivity contribution in [2.24, 2.45) is 5.92 Å². The van der Waals surface area contributed by atoms with E-state index in [0.29, 0.717) is 30.4 Å². The van der Waals surface area contributed by atoms with E-state index in [4.69, 9.17) is 0 Å². The summed E-state index contributed by atoms with van der Waals surface area (Å²) in [6, 6.07) is 13.7. The van der Waals surface area contributed by atoms with Crippen LogP contribution in [0.4, 0.5) is 5.69 Å². The molecule has 1 saturated heterocycles. The third-order valence-corrected chi connectivity index (χ3v) is 7.53. The Hall–Kier alpha value is -2.87. The fraction of sp³-hybridized carbons (Fsp3) is 0.440. The van der Waals surface area contributed by atoms with Crippen LogP contribution in [0.25, 0.3) is 0 Å². The number of hydrogen-bond donors (Lipinski definition) is 2. The van der Waals surface area contributed by atoms with Crippen LogP contribution in [0.1, 0.15) is 54.9 Å². The van der Waals surface area contributed by atoms with Crippen molar-refractivity contribution in [1.82, 2.24) is 10.2 Å². The highest BCUT2D eigenvalue weighted by atomic mass is 32.2. The maximum atomic E-state index is 13.1. The Balaban J connectivity index is 1.43. The van der Waals surface area contributed by atoms with Crippen molar-refractivity contribution in [1.29, 1.82) is 0 Å². The van der Waals surface area contributed by atoms with E-state index in [1.807, 2.05) is 12.1 Å². The van der Waals surface area contributed by atoms with Gasteiger partial charge in [0.1, 0.15) is 0 Å². The van der Waals surface area contributed by atoms with Crippen molar-refractivity contribution in [2.75, 3.05) is 17.8 Å². The highest BCUT2D eigenvalue weighted by Crippen LogP contribution is 2.24. The molecule has 1 saturated carbocycles. The molecule has 1 atom stereocenters. The lowest BCUT2D eigenvalue weighted by Gasteiger charge is -2.32. The number of likely N-dealkylation sites (tertiary alicyclic amines) is 1. The zero-order chi connectivity index (χ0) is 23.4. The summed E-state index contributed by atoms with van der Waals surface area (Å²) in [5, 5.41) is 3.03. The minimum absolute atomic E-state index is 0.0291. The fourth-order valence-corrected chi connectivity index (χ4v) is 5.21. The number of sulfonamides is 1. The molecule has 176 valence electrons. The maximum Gasteiger partial charge on any atom is 0.261 e. The predicted molar refractivity (Wildman–Crippen MR) is 127 cm³/mol. The molecule has 2 aromatic rings. The zero-order valence-corrected chi connectivity index (χ0v) is 19.7. The Bertz CT molecular complexity index is 1110. The van der Waals surface area contributed by atoms with Gasteiger partial charge in [-0.1, -0.05) is 31.5 Å². The standard InChI is InChI=1S/C25H31N3O4S/c1-2-5-18-9-13-23(14-10-18)33(31,32)27-22-8-3-6-19(16-22)25(30)28-15-4-7-20(17-28)24(29)26-21-11-12-21/h3,6,8-10,13-14,16,20-21,27H,2,4-5,7,11-12,15,17H2,1H3,(H,26,29). The molecule has 2 N–H and O–H groups in total. The molecule has 1 heterocycles. The van der Waals surface area contributed by atoms with Crippen molar-refractivity contribution < 1.29 is 18.0 Å². The second-order valence-corrected chi connectivity index (χ2v) is 10.6. The van der Waals surface area contributed by atoms with Gasteiger partial charge in [0.15, 0.2) is 0 Å². The van der Waals surface area contributed by atoms with Gasteiger partial charge in [-0.05, 0) is 68.0 Å². The number of piperidine rings is 1. The Morgan fingerprint density at radius 2 is 1.82 bits per heavy atom. The van der Waals surface area contributed by atoms with Gasteiger partial charge in [0.2, 0.25) is 5.91 Å². The van der Waals surface area contributed by atoms with Crippen LogP contribution < -0.4 is 10.0 Å². The number of nitrogens with zero attached hydrogens (tertiary/aromatic N) is 1. The maximum absolute atomic E-state index is 13.1. The van der Waals surface area contributed by atoms with Crippen LogP contribution in [0.3, 0.4) is 0 Å². The summed E-state index contributed by atoms with van der Waals surface area (Å²) in [5.74, 6) is -0.356. The van der Waals surface area contributed by atoms with Gasteiger partial charge in [-0.15, -0.1) is 0 Å². The normalized spacial score (nSPS) is 18.6. The lowest BCUT2D eigenvalue weighted by Crippen LogP contribution is -2.45. The van der Waals surface area contributed by atoms with Gasteiger partial charge in [-0.3, -0.25) is 14.3 Å². The van der Waals surface area contributed by atoms with Crippen LogP contribution in [0, 0.1) is 5.92 Å². The summed E-state index contributed by atoms with van der Waals surface area (Å²) in [6.07, 6.45) is 5.51. The van der Waals surface area contributed by atoms with Crippen LogP contribution in [-0.2, 0) is 21.2 Å². The summed E-state index contributed by atoms with van der Waals surface area (Å²) in [6.45, 7) is 3.05. The van der Waals surface area contributed by atoms with Gasteiger partial charge in [0.05, 0.1) is 10.8 Å². The van der Waals surface area contributed by atoms with Crippen LogP contribution >= 0.6 is 0 Å². The second kappa shape index (κ2) is 9.95. The number of carbonyl (C=O) groups excluding carboxylic acids is 2. The van der Waals surface area contributed by atoms with E-state index in [0.717, 1.165) is 44.1 Å². The minimum Gasteiger partial charge on any atom is -0.353 e. The molecule has 1 unspecified atom stereocenters. The average Bonchev–Trinajstić information content (AvgIpc) is 3.63. The molecule has 2 amide bonds. The van der Waals surface area contributed by atoms with Crippen molar-refractivity contribution in [3.63, 3.8) is 0 Å². The highest BCUT2D eigenvalue weighted by molar-refractivity contribution is 7.92. The third-order valence-electron chi connectivity index (χ3n) is 6.14. The van der Waals surface area contributed by atoms with Crippen molar-refractivity contribution >= 4 is 27.5 Å². The van der Waals surface area contributed by atoms with Gasteiger partial charge >= 0.3 is 0 Å². The smallest absolute Gasteiger partial charge is 0.261 e. The Kier molecular flexibility index (Phi) is 7.02. The number of amides is 2. The highest BCUT2D eigenvalue weighted by Gasteiger charge is 2.32. The number of aryl methyl sites for hydroxylation is 1. The van der Waals surface area contributed by atoms with Crippen LogP contribution in [0.2, 0.25) is 0 Å². The van der Waals surface area contributed by atoms with Gasteiger partial charge in [0.25, 0.3) is 15.9 Å². The monoisotopic (exact) mass is 469 g/mol. The molecule has 2 fully saturated rings. The molecular weight excluding hydrogens is 438 g/mol. The largest absolute Gasteiger partial charge is 0.353 e. The SMILES string of the molecule is CCCc1ccc(S(=O)(=O)Nc2cccc(C(=O)N3CCCC(C(=O)NC4CC4)C3)c2)cc1. The molecular formula is C25H31N3O4S. The van der Waals surface area contributed by atoms with Gasteiger partial charge in [0, 0.05) is 30.4 Å². The van der Waals surface area contributed by atoms with Gasteiger partial charge in [-0.25, -0.2) is 8.42 Å². The third kappa shape index (κ3) is 5.93. The summed E-state index contributed by atoms with van der Waals surface area (Å²) < 4.78 is 28.2. The summed E-state index contributed by atoms with van der Waals surface area (Å²) in [4.78, 5) is 27.4. The topological polar surface area (TPSA) is 95.6 Å². The van der Waals surface area contributed by atoms with E-state index in [1.54, 1.807) is 41.3 Å². The first kappa shape index (κ1) is 23.3. The first-order valence-corrected chi connectivity index (χ1v) is 13.2. The van der Waals surface area contributed by atoms with Crippen LogP contribution in [0.5, 0.6) is 0 Å². The van der Waals surface area contributed by atoms with E-state index >= 15 is 0 Å². The van der Waals surface area contributed by atoms with E-state index in [2.05, 4.69) is 17.0 Å². The van der Waals surface area contributed by atoms with E-state index in [-0.39, 0.29) is 22.6 Å². The lowest BCUT2D eigenvalue weighted by molar-refractivity contribution is -0.126. The Morgan fingerprint density at radius 3 is 2.52 bits per heavy atom. The molecule has 0 radical (unpaired) electrons. The molecule has 8 heteroatoms. The second-order valence-electron chi connectivity index (χ2n) is 8.95. The van der Waals surface area contributed by atoms with Crippen molar-refractivity contribution in [3.8, 4) is 0 Å². The number of anilines is 1. The molecule has 1 aliphatic heterocycles. The summed E-state index contributed by atoms with van der Waals surface area (Å²) >= 11 is 0. The van der Waals surface area contributed by atoms with Gasteiger partial charge in [-0.2, -0.15) is 0 Å². The molecule has 7 nitrogen and oxygen atoms in total. The number of nitrogens with one attached hydrogen (secondary N) is 2. The molecule has 0 spiro atoms. The zero-order valence-electron chi connectivity index (χ0n) is 18.9. The minimum atomic E-state index is -3.77.